The van der Waals surface area contributed by atoms with Crippen molar-refractivity contribution < 1.29 is 0 Å². The largest absolute Gasteiger partial charge is 0.294 e. The Labute approximate surface area is 115 Å². The topological polar surface area (TPSA) is 35.8 Å². The zero-order valence-corrected chi connectivity index (χ0v) is 11.4. The van der Waals surface area contributed by atoms with E-state index in [9.17, 15) is 5.26 Å². The third-order valence-corrected chi connectivity index (χ3v) is 3.16. The summed E-state index contributed by atoms with van der Waals surface area (Å²) >= 11 is 3.42. The molecule has 0 saturated carbocycles. The van der Waals surface area contributed by atoms with Gasteiger partial charge in [0.1, 0.15) is 6.04 Å². The molecule has 2 aromatic carbocycles. The maximum absolute atomic E-state index is 9.22. The monoisotopic (exact) mass is 300 g/mol. The van der Waals surface area contributed by atoms with Crippen LogP contribution in [0.2, 0.25) is 0 Å². The van der Waals surface area contributed by atoms with E-state index in [-0.39, 0.29) is 6.04 Å². The van der Waals surface area contributed by atoms with Crippen LogP contribution in [0.25, 0.3) is 0 Å². The molecule has 18 heavy (non-hydrogen) atoms. The Morgan fingerprint density at radius 3 is 2.56 bits per heavy atom. The van der Waals surface area contributed by atoms with E-state index in [4.69, 9.17) is 0 Å². The van der Waals surface area contributed by atoms with Gasteiger partial charge in [-0.2, -0.15) is 5.26 Å². The number of hydrogen-bond acceptors (Lipinski definition) is 2. The van der Waals surface area contributed by atoms with Gasteiger partial charge in [0.15, 0.2) is 0 Å². The van der Waals surface area contributed by atoms with Crippen LogP contribution in [-0.4, -0.2) is 0 Å². The van der Waals surface area contributed by atoms with E-state index >= 15 is 0 Å². The van der Waals surface area contributed by atoms with Gasteiger partial charge >= 0.3 is 0 Å². The van der Waals surface area contributed by atoms with Crippen molar-refractivity contribution in [3.05, 3.63) is 70.2 Å². The summed E-state index contributed by atoms with van der Waals surface area (Å²) in [6.07, 6.45) is 0. The molecule has 0 amide bonds. The second-order valence-corrected chi connectivity index (χ2v) is 4.90. The lowest BCUT2D eigenvalue weighted by atomic mass is 10.1. The lowest BCUT2D eigenvalue weighted by Gasteiger charge is -2.12. The Kier molecular flexibility index (Phi) is 4.52. The number of nitrogens with zero attached hydrogens (tertiary/aromatic N) is 1. The molecule has 2 nitrogen and oxygen atoms in total. The Morgan fingerprint density at radius 1 is 1.11 bits per heavy atom. The van der Waals surface area contributed by atoms with Crippen molar-refractivity contribution in [2.45, 2.75) is 12.6 Å². The van der Waals surface area contributed by atoms with Gasteiger partial charge in [-0.05, 0) is 23.3 Å². The number of nitrogens with one attached hydrogen (secondary N) is 1. The van der Waals surface area contributed by atoms with Gasteiger partial charge in [0.2, 0.25) is 0 Å². The standard InChI is InChI=1S/C15H13BrN2/c16-14-8-4-7-13(9-14)15(10-17)18-11-12-5-2-1-3-6-12/h1-9,15,18H,11H2. The molecular formula is C15H13BrN2. The maximum atomic E-state index is 9.22. The molecule has 90 valence electrons. The Balaban J connectivity index is 2.05. The van der Waals surface area contributed by atoms with E-state index in [0.717, 1.165) is 10.0 Å². The summed E-state index contributed by atoms with van der Waals surface area (Å²) in [5.74, 6) is 0. The van der Waals surface area contributed by atoms with Crippen LogP contribution in [0.15, 0.2) is 59.1 Å². The van der Waals surface area contributed by atoms with Crippen LogP contribution in [0.3, 0.4) is 0 Å². The molecule has 2 rings (SSSR count). The normalized spacial score (nSPS) is 11.8. The van der Waals surface area contributed by atoms with Gasteiger partial charge in [-0.1, -0.05) is 58.4 Å². The predicted octanol–water partition coefficient (Wildman–Crippen LogP) is 3.80. The van der Waals surface area contributed by atoms with Crippen LogP contribution in [-0.2, 0) is 6.54 Å². The van der Waals surface area contributed by atoms with Crippen molar-refractivity contribution >= 4 is 15.9 Å². The van der Waals surface area contributed by atoms with Gasteiger partial charge in [-0.3, -0.25) is 5.32 Å². The van der Waals surface area contributed by atoms with Crippen molar-refractivity contribution in [3.8, 4) is 6.07 Å². The third-order valence-electron chi connectivity index (χ3n) is 2.66. The molecule has 0 fully saturated rings. The average molecular weight is 301 g/mol. The molecule has 0 radical (unpaired) electrons. The summed E-state index contributed by atoms with van der Waals surface area (Å²) in [4.78, 5) is 0. The molecule has 0 bridgehead atoms. The minimum absolute atomic E-state index is 0.289. The number of halogens is 1. The highest BCUT2D eigenvalue weighted by molar-refractivity contribution is 9.10. The minimum atomic E-state index is -0.289. The van der Waals surface area contributed by atoms with Gasteiger partial charge in [0.25, 0.3) is 0 Å². The van der Waals surface area contributed by atoms with Crippen LogP contribution >= 0.6 is 15.9 Å². The van der Waals surface area contributed by atoms with Gasteiger partial charge in [0.05, 0.1) is 6.07 Å². The van der Waals surface area contributed by atoms with Crippen molar-refractivity contribution in [3.63, 3.8) is 0 Å². The van der Waals surface area contributed by atoms with E-state index in [1.807, 2.05) is 54.6 Å². The van der Waals surface area contributed by atoms with E-state index in [1.165, 1.54) is 5.56 Å². The van der Waals surface area contributed by atoms with Crippen molar-refractivity contribution in [2.75, 3.05) is 0 Å². The van der Waals surface area contributed by atoms with Crippen LogP contribution in [0, 0.1) is 11.3 Å². The quantitative estimate of drug-likeness (QED) is 0.932. The summed E-state index contributed by atoms with van der Waals surface area (Å²) in [5.41, 5.74) is 2.15. The minimum Gasteiger partial charge on any atom is -0.294 e. The first-order chi connectivity index (χ1) is 8.79. The Morgan fingerprint density at radius 2 is 1.89 bits per heavy atom. The van der Waals surface area contributed by atoms with E-state index < -0.39 is 0 Å². The second-order valence-electron chi connectivity index (χ2n) is 3.98. The summed E-state index contributed by atoms with van der Waals surface area (Å²) in [7, 11) is 0. The summed E-state index contributed by atoms with van der Waals surface area (Å²) in [6.45, 7) is 0.686. The number of rotatable bonds is 4. The first-order valence-electron chi connectivity index (χ1n) is 5.72. The smallest absolute Gasteiger partial charge is 0.121 e. The maximum Gasteiger partial charge on any atom is 0.121 e. The first kappa shape index (κ1) is 12.8. The highest BCUT2D eigenvalue weighted by atomic mass is 79.9. The molecule has 0 spiro atoms. The van der Waals surface area contributed by atoms with Gasteiger partial charge in [-0.25, -0.2) is 0 Å². The van der Waals surface area contributed by atoms with Crippen LogP contribution in [0.1, 0.15) is 17.2 Å². The Bertz CT molecular complexity index is 546. The zero-order valence-electron chi connectivity index (χ0n) is 9.81. The molecule has 0 aliphatic heterocycles. The lowest BCUT2D eigenvalue weighted by molar-refractivity contribution is 0.630. The summed E-state index contributed by atoms with van der Waals surface area (Å²) in [6, 6.07) is 19.9. The van der Waals surface area contributed by atoms with Gasteiger partial charge < -0.3 is 0 Å². The fourth-order valence-electron chi connectivity index (χ4n) is 1.74. The molecule has 1 N–H and O–H groups in total. The third kappa shape index (κ3) is 3.43. The number of hydrogen-bond donors (Lipinski definition) is 1. The molecule has 0 aliphatic rings. The fourth-order valence-corrected chi connectivity index (χ4v) is 2.16. The number of benzene rings is 2. The predicted molar refractivity (Wildman–Crippen MR) is 75.8 cm³/mol. The highest BCUT2D eigenvalue weighted by Crippen LogP contribution is 2.18. The fraction of sp³-hybridized carbons (Fsp3) is 0.133. The molecule has 0 aromatic heterocycles. The SMILES string of the molecule is N#CC(NCc1ccccc1)c1cccc(Br)c1. The zero-order chi connectivity index (χ0) is 12.8. The first-order valence-corrected chi connectivity index (χ1v) is 6.51. The second kappa shape index (κ2) is 6.34. The molecule has 3 heteroatoms. The van der Waals surface area contributed by atoms with Crippen molar-refractivity contribution in [1.82, 2.24) is 5.32 Å². The average Bonchev–Trinajstić information content (AvgIpc) is 2.41. The van der Waals surface area contributed by atoms with Crippen LogP contribution < -0.4 is 5.32 Å². The molecule has 2 aromatic rings. The summed E-state index contributed by atoms with van der Waals surface area (Å²) in [5, 5.41) is 12.5. The van der Waals surface area contributed by atoms with Crippen LogP contribution in [0.4, 0.5) is 0 Å². The molecule has 0 saturated heterocycles. The van der Waals surface area contributed by atoms with E-state index in [1.54, 1.807) is 0 Å². The highest BCUT2D eigenvalue weighted by Gasteiger charge is 2.09. The van der Waals surface area contributed by atoms with Crippen molar-refractivity contribution in [1.29, 1.82) is 5.26 Å². The van der Waals surface area contributed by atoms with Gasteiger partial charge in [0, 0.05) is 11.0 Å². The molecule has 0 heterocycles. The van der Waals surface area contributed by atoms with E-state index in [2.05, 4.69) is 27.3 Å². The van der Waals surface area contributed by atoms with Crippen LogP contribution in [0.5, 0.6) is 0 Å². The molecule has 1 unspecified atom stereocenters. The van der Waals surface area contributed by atoms with Crippen molar-refractivity contribution in [2.24, 2.45) is 0 Å². The lowest BCUT2D eigenvalue weighted by Crippen LogP contribution is -2.19. The molecule has 1 atom stereocenters. The van der Waals surface area contributed by atoms with Gasteiger partial charge in [-0.15, -0.1) is 0 Å². The van der Waals surface area contributed by atoms with E-state index in [0.29, 0.717) is 6.54 Å². The Hall–Kier alpha value is -1.63. The molecular weight excluding hydrogens is 288 g/mol. The summed E-state index contributed by atoms with van der Waals surface area (Å²) < 4.78 is 0.988. The molecule has 0 aliphatic carbocycles. The number of nitriles is 1.